The Morgan fingerprint density at radius 2 is 1.88 bits per heavy atom. The molecule has 0 atom stereocenters. The topological polar surface area (TPSA) is 74.6 Å². The third-order valence-corrected chi connectivity index (χ3v) is 2.63. The Labute approximate surface area is 97.5 Å². The van der Waals surface area contributed by atoms with Gasteiger partial charge in [0.25, 0.3) is 0 Å². The number of hydrogen-bond acceptors (Lipinski definition) is 2. The van der Waals surface area contributed by atoms with Crippen LogP contribution in [0.2, 0.25) is 5.02 Å². The monoisotopic (exact) mass is 242 g/mol. The van der Waals surface area contributed by atoms with E-state index in [1.54, 1.807) is 24.3 Å². The van der Waals surface area contributed by atoms with Gasteiger partial charge in [0.1, 0.15) is 0 Å². The SMILES string of the molecule is CC(Cc1cccc(Cl)c1)(C(=O)O)C(=O)O. The molecule has 0 radical (unpaired) electrons. The highest BCUT2D eigenvalue weighted by Crippen LogP contribution is 2.24. The molecule has 0 saturated heterocycles. The van der Waals surface area contributed by atoms with Gasteiger partial charge in [-0.05, 0) is 31.0 Å². The highest BCUT2D eigenvalue weighted by Gasteiger charge is 2.41. The average Bonchev–Trinajstić information content (AvgIpc) is 2.16. The third kappa shape index (κ3) is 2.52. The minimum Gasteiger partial charge on any atom is -0.480 e. The largest absolute Gasteiger partial charge is 0.480 e. The van der Waals surface area contributed by atoms with Crippen LogP contribution in [0.5, 0.6) is 0 Å². The van der Waals surface area contributed by atoms with E-state index in [4.69, 9.17) is 21.8 Å². The lowest BCUT2D eigenvalue weighted by Gasteiger charge is -2.19. The van der Waals surface area contributed by atoms with Crippen LogP contribution in [0.15, 0.2) is 24.3 Å². The molecule has 1 aromatic carbocycles. The normalized spacial score (nSPS) is 11.1. The summed E-state index contributed by atoms with van der Waals surface area (Å²) in [6, 6.07) is 6.51. The summed E-state index contributed by atoms with van der Waals surface area (Å²) in [5.41, 5.74) is -1.25. The lowest BCUT2D eigenvalue weighted by atomic mass is 9.84. The molecular weight excluding hydrogens is 232 g/mol. The molecular formula is C11H11ClO4. The van der Waals surface area contributed by atoms with Crippen molar-refractivity contribution in [1.82, 2.24) is 0 Å². The molecule has 0 amide bonds. The van der Waals surface area contributed by atoms with Crippen LogP contribution in [0, 0.1) is 5.41 Å². The summed E-state index contributed by atoms with van der Waals surface area (Å²) in [6.45, 7) is 1.18. The van der Waals surface area contributed by atoms with Crippen LogP contribution >= 0.6 is 11.6 Å². The lowest BCUT2D eigenvalue weighted by molar-refractivity contribution is -0.163. The van der Waals surface area contributed by atoms with Gasteiger partial charge in [-0.2, -0.15) is 0 Å². The Kier molecular flexibility index (Phi) is 3.55. The van der Waals surface area contributed by atoms with Crippen molar-refractivity contribution in [1.29, 1.82) is 0 Å². The first-order valence-corrected chi connectivity index (χ1v) is 4.95. The number of rotatable bonds is 4. The van der Waals surface area contributed by atoms with Crippen molar-refractivity contribution in [3.8, 4) is 0 Å². The van der Waals surface area contributed by atoms with Crippen molar-refractivity contribution in [2.75, 3.05) is 0 Å². The maximum Gasteiger partial charge on any atom is 0.321 e. The molecule has 0 aliphatic rings. The van der Waals surface area contributed by atoms with Gasteiger partial charge in [-0.25, -0.2) is 0 Å². The van der Waals surface area contributed by atoms with E-state index in [1.807, 2.05) is 0 Å². The van der Waals surface area contributed by atoms with Gasteiger partial charge in [0, 0.05) is 5.02 Å². The van der Waals surface area contributed by atoms with E-state index in [0.29, 0.717) is 10.6 Å². The maximum atomic E-state index is 10.9. The fourth-order valence-corrected chi connectivity index (χ4v) is 1.51. The Balaban J connectivity index is 3.02. The van der Waals surface area contributed by atoms with Crippen LogP contribution in [0.3, 0.4) is 0 Å². The first-order valence-electron chi connectivity index (χ1n) is 4.57. The van der Waals surface area contributed by atoms with Gasteiger partial charge < -0.3 is 10.2 Å². The fourth-order valence-electron chi connectivity index (χ4n) is 1.30. The number of aliphatic carboxylic acids is 2. The van der Waals surface area contributed by atoms with Gasteiger partial charge in [0.2, 0.25) is 0 Å². The van der Waals surface area contributed by atoms with Crippen molar-refractivity contribution in [3.63, 3.8) is 0 Å². The Morgan fingerprint density at radius 1 is 1.31 bits per heavy atom. The first-order chi connectivity index (χ1) is 7.36. The van der Waals surface area contributed by atoms with E-state index in [0.717, 1.165) is 0 Å². The molecule has 1 rings (SSSR count). The van der Waals surface area contributed by atoms with Gasteiger partial charge in [-0.15, -0.1) is 0 Å². The molecule has 0 aliphatic heterocycles. The first kappa shape index (κ1) is 12.5. The summed E-state index contributed by atoms with van der Waals surface area (Å²) >= 11 is 5.74. The molecule has 4 nitrogen and oxygen atoms in total. The van der Waals surface area contributed by atoms with E-state index in [2.05, 4.69) is 0 Å². The van der Waals surface area contributed by atoms with Gasteiger partial charge in [-0.3, -0.25) is 9.59 Å². The molecule has 16 heavy (non-hydrogen) atoms. The van der Waals surface area contributed by atoms with E-state index >= 15 is 0 Å². The molecule has 0 spiro atoms. The molecule has 86 valence electrons. The number of benzene rings is 1. The van der Waals surface area contributed by atoms with Gasteiger partial charge in [0.05, 0.1) is 0 Å². The second-order valence-corrected chi connectivity index (χ2v) is 4.19. The zero-order valence-electron chi connectivity index (χ0n) is 8.61. The predicted molar refractivity (Wildman–Crippen MR) is 58.5 cm³/mol. The van der Waals surface area contributed by atoms with Crippen molar-refractivity contribution in [3.05, 3.63) is 34.9 Å². The Morgan fingerprint density at radius 3 is 2.31 bits per heavy atom. The lowest BCUT2D eigenvalue weighted by Crippen LogP contribution is -2.38. The molecule has 0 heterocycles. The minimum atomic E-state index is -1.83. The molecule has 5 heteroatoms. The van der Waals surface area contributed by atoms with Crippen molar-refractivity contribution in [2.24, 2.45) is 5.41 Å². The fraction of sp³-hybridized carbons (Fsp3) is 0.273. The summed E-state index contributed by atoms with van der Waals surface area (Å²) in [7, 11) is 0. The van der Waals surface area contributed by atoms with Gasteiger partial charge in [-0.1, -0.05) is 23.7 Å². The predicted octanol–water partition coefficient (Wildman–Crippen LogP) is 2.06. The number of halogens is 1. The van der Waals surface area contributed by atoms with Crippen molar-refractivity contribution in [2.45, 2.75) is 13.3 Å². The summed E-state index contributed by atoms with van der Waals surface area (Å²) in [4.78, 5) is 21.9. The van der Waals surface area contributed by atoms with Crippen LogP contribution in [0.25, 0.3) is 0 Å². The van der Waals surface area contributed by atoms with Gasteiger partial charge in [0.15, 0.2) is 5.41 Å². The molecule has 0 saturated carbocycles. The standard InChI is InChI=1S/C11H11ClO4/c1-11(9(13)14,10(15)16)6-7-3-2-4-8(12)5-7/h2-5H,6H2,1H3,(H,13,14)(H,15,16). The Bertz CT molecular complexity index is 414. The quantitative estimate of drug-likeness (QED) is 0.793. The van der Waals surface area contributed by atoms with Crippen molar-refractivity contribution < 1.29 is 19.8 Å². The number of hydrogen-bond donors (Lipinski definition) is 2. The highest BCUT2D eigenvalue weighted by molar-refractivity contribution is 6.30. The summed E-state index contributed by atoms with van der Waals surface area (Å²) in [5, 5.41) is 18.3. The van der Waals surface area contributed by atoms with Crippen LogP contribution in [-0.4, -0.2) is 22.2 Å². The van der Waals surface area contributed by atoms with E-state index in [-0.39, 0.29) is 6.42 Å². The zero-order chi connectivity index (χ0) is 12.3. The molecule has 2 N–H and O–H groups in total. The summed E-state index contributed by atoms with van der Waals surface area (Å²) in [6.07, 6.45) is -0.0990. The molecule has 0 fully saturated rings. The zero-order valence-corrected chi connectivity index (χ0v) is 9.36. The average molecular weight is 243 g/mol. The molecule has 0 bridgehead atoms. The van der Waals surface area contributed by atoms with Crippen LogP contribution in [-0.2, 0) is 16.0 Å². The minimum absolute atomic E-state index is 0.0990. The van der Waals surface area contributed by atoms with E-state index in [9.17, 15) is 9.59 Å². The van der Waals surface area contributed by atoms with Crippen LogP contribution in [0.1, 0.15) is 12.5 Å². The maximum absolute atomic E-state index is 10.9. The summed E-state index contributed by atoms with van der Waals surface area (Å²) < 4.78 is 0. The highest BCUT2D eigenvalue weighted by atomic mass is 35.5. The van der Waals surface area contributed by atoms with Crippen molar-refractivity contribution >= 4 is 23.5 Å². The number of carboxylic acids is 2. The second kappa shape index (κ2) is 4.53. The molecule has 0 unspecified atom stereocenters. The molecule has 1 aromatic rings. The molecule has 0 aromatic heterocycles. The number of carboxylic acid groups (broad SMARTS) is 2. The summed E-state index contributed by atoms with van der Waals surface area (Å²) in [5.74, 6) is -2.72. The van der Waals surface area contributed by atoms with Crippen LogP contribution < -0.4 is 0 Å². The van der Waals surface area contributed by atoms with Crippen LogP contribution in [0.4, 0.5) is 0 Å². The second-order valence-electron chi connectivity index (χ2n) is 3.75. The molecule has 0 aliphatic carbocycles. The Hall–Kier alpha value is -1.55. The number of carbonyl (C=O) groups is 2. The van der Waals surface area contributed by atoms with E-state index in [1.165, 1.54) is 6.92 Å². The van der Waals surface area contributed by atoms with Gasteiger partial charge >= 0.3 is 11.9 Å². The van der Waals surface area contributed by atoms with E-state index < -0.39 is 17.4 Å². The third-order valence-electron chi connectivity index (χ3n) is 2.39. The smallest absolute Gasteiger partial charge is 0.321 e.